The van der Waals surface area contributed by atoms with Crippen molar-refractivity contribution >= 4 is 33.8 Å². The molecule has 0 spiro atoms. The number of benzene rings is 2. The smallest absolute Gasteiger partial charge is 0.148 e. The van der Waals surface area contributed by atoms with E-state index in [1.165, 1.54) is 0 Å². The summed E-state index contributed by atoms with van der Waals surface area (Å²) >= 11 is 0. The lowest BCUT2D eigenvalue weighted by atomic mass is 9.85. The van der Waals surface area contributed by atoms with Gasteiger partial charge >= 0.3 is 0 Å². The summed E-state index contributed by atoms with van der Waals surface area (Å²) in [5.41, 5.74) is 1.88. The first-order valence-electron chi connectivity index (χ1n) is 8.38. The van der Waals surface area contributed by atoms with Gasteiger partial charge in [-0.1, -0.05) is 36.4 Å². The number of para-hydroxylation sites is 2. The maximum atomic E-state index is 12.9. The third kappa shape index (κ3) is 1.98. The van der Waals surface area contributed by atoms with Crippen LogP contribution in [0.1, 0.15) is 33.3 Å². The fraction of sp³-hybridized carbons (Fsp3) is 0.286. The number of nitrogens with zero attached hydrogens (tertiary/aromatic N) is 1. The summed E-state index contributed by atoms with van der Waals surface area (Å²) < 4.78 is 6.11. The average molecular weight is 334 g/mol. The van der Waals surface area contributed by atoms with Crippen LogP contribution >= 0.6 is 0 Å². The molecule has 4 nitrogen and oxygen atoms in total. The van der Waals surface area contributed by atoms with E-state index < -0.39 is 11.1 Å². The SMILES string of the molecule is CC1(C)C(C=O)=C(c2cccc3c2oc2ccccc23)C(C)(C)N1[O]. The van der Waals surface area contributed by atoms with Crippen LogP contribution in [0.4, 0.5) is 0 Å². The molecule has 3 aromatic rings. The lowest BCUT2D eigenvalue weighted by Gasteiger charge is -2.34. The van der Waals surface area contributed by atoms with Crippen molar-refractivity contribution in [3.8, 4) is 0 Å². The zero-order chi connectivity index (χ0) is 18.0. The molecular formula is C21H20NO3. The molecule has 0 fully saturated rings. The number of aldehydes is 1. The second kappa shape index (κ2) is 5.04. The minimum absolute atomic E-state index is 0.514. The Balaban J connectivity index is 2.12. The molecule has 25 heavy (non-hydrogen) atoms. The summed E-state index contributed by atoms with van der Waals surface area (Å²) in [7, 11) is 0. The van der Waals surface area contributed by atoms with Gasteiger partial charge in [0.05, 0.1) is 11.1 Å². The Hall–Kier alpha value is -2.43. The van der Waals surface area contributed by atoms with E-state index in [1.54, 1.807) is 13.8 Å². The van der Waals surface area contributed by atoms with Gasteiger partial charge in [0.15, 0.2) is 0 Å². The summed E-state index contributed by atoms with van der Waals surface area (Å²) in [6.45, 7) is 7.29. The van der Waals surface area contributed by atoms with E-state index in [-0.39, 0.29) is 0 Å². The highest BCUT2D eigenvalue weighted by Crippen LogP contribution is 2.49. The Kier molecular flexibility index (Phi) is 3.24. The van der Waals surface area contributed by atoms with Crippen LogP contribution < -0.4 is 0 Å². The van der Waals surface area contributed by atoms with Crippen LogP contribution in [-0.2, 0) is 10.0 Å². The number of furan rings is 1. The minimum Gasteiger partial charge on any atom is -0.455 e. The Bertz CT molecular complexity index is 1040. The molecule has 2 aromatic carbocycles. The summed E-state index contributed by atoms with van der Waals surface area (Å²) in [6, 6.07) is 13.7. The first-order valence-corrected chi connectivity index (χ1v) is 8.38. The molecular weight excluding hydrogens is 314 g/mol. The monoisotopic (exact) mass is 334 g/mol. The normalized spacial score (nSPS) is 19.9. The van der Waals surface area contributed by atoms with E-state index in [9.17, 15) is 10.0 Å². The van der Waals surface area contributed by atoms with Crippen molar-refractivity contribution in [3.05, 3.63) is 53.6 Å². The van der Waals surface area contributed by atoms with Crippen molar-refractivity contribution in [2.45, 2.75) is 38.8 Å². The standard InChI is InChI=1S/C21H20NO3/c1-20(2)16(12-23)18(21(3,4)22(20)24)15-10-7-9-14-13-8-5-6-11-17(13)25-19(14)15/h5-12H,1-4H3. The third-order valence-electron chi connectivity index (χ3n) is 5.35. The molecule has 0 unspecified atom stereocenters. The molecule has 0 amide bonds. The van der Waals surface area contributed by atoms with E-state index in [2.05, 4.69) is 0 Å². The summed E-state index contributed by atoms with van der Waals surface area (Å²) in [5, 5.41) is 15.9. The van der Waals surface area contributed by atoms with Crippen LogP contribution in [0.5, 0.6) is 0 Å². The minimum atomic E-state index is -0.880. The van der Waals surface area contributed by atoms with Gasteiger partial charge in [-0.2, -0.15) is 0 Å². The first kappa shape index (κ1) is 16.1. The lowest BCUT2D eigenvalue weighted by Crippen LogP contribution is -2.47. The van der Waals surface area contributed by atoms with Crippen LogP contribution in [0.25, 0.3) is 27.5 Å². The van der Waals surface area contributed by atoms with Crippen molar-refractivity contribution in [1.82, 2.24) is 5.06 Å². The second-order valence-corrected chi connectivity index (χ2v) is 7.60. The molecule has 4 rings (SSSR count). The van der Waals surface area contributed by atoms with Crippen LogP contribution in [0.3, 0.4) is 0 Å². The van der Waals surface area contributed by atoms with Gasteiger partial charge in [0.25, 0.3) is 0 Å². The van der Waals surface area contributed by atoms with Gasteiger partial charge in [0.1, 0.15) is 17.5 Å². The van der Waals surface area contributed by atoms with Crippen molar-refractivity contribution in [2.75, 3.05) is 0 Å². The predicted octanol–water partition coefficient (Wildman–Crippen LogP) is 4.76. The maximum Gasteiger partial charge on any atom is 0.148 e. The molecule has 0 bridgehead atoms. The molecule has 0 saturated carbocycles. The number of rotatable bonds is 2. The van der Waals surface area contributed by atoms with Gasteiger partial charge in [-0.05, 0) is 39.3 Å². The molecule has 0 aliphatic carbocycles. The Morgan fingerprint density at radius 1 is 0.920 bits per heavy atom. The van der Waals surface area contributed by atoms with E-state index in [0.717, 1.165) is 44.4 Å². The zero-order valence-electron chi connectivity index (χ0n) is 14.8. The number of carbonyl (C=O) groups excluding carboxylic acids is 1. The summed E-state index contributed by atoms with van der Waals surface area (Å²) in [5.74, 6) is 0. The Labute approximate surface area is 146 Å². The van der Waals surface area contributed by atoms with Crippen LogP contribution in [0, 0.1) is 0 Å². The fourth-order valence-corrected chi connectivity index (χ4v) is 4.17. The zero-order valence-corrected chi connectivity index (χ0v) is 14.8. The van der Waals surface area contributed by atoms with E-state index in [1.807, 2.05) is 56.3 Å². The highest BCUT2D eigenvalue weighted by molar-refractivity contribution is 6.10. The molecule has 0 N–H and O–H groups in total. The predicted molar refractivity (Wildman–Crippen MR) is 97.4 cm³/mol. The Morgan fingerprint density at radius 2 is 1.60 bits per heavy atom. The van der Waals surface area contributed by atoms with Gasteiger partial charge in [0, 0.05) is 21.9 Å². The molecule has 1 aliphatic heterocycles. The summed E-state index contributed by atoms with van der Waals surface area (Å²) in [4.78, 5) is 11.9. The van der Waals surface area contributed by atoms with Crippen molar-refractivity contribution in [2.24, 2.45) is 0 Å². The van der Waals surface area contributed by atoms with Gasteiger partial charge in [-0.25, -0.2) is 0 Å². The molecule has 0 saturated heterocycles. The van der Waals surface area contributed by atoms with Crippen LogP contribution in [0.2, 0.25) is 0 Å². The van der Waals surface area contributed by atoms with Gasteiger partial charge < -0.3 is 4.42 Å². The van der Waals surface area contributed by atoms with Crippen LogP contribution in [-0.4, -0.2) is 22.4 Å². The number of hydrogen-bond donors (Lipinski definition) is 0. The van der Waals surface area contributed by atoms with Gasteiger partial charge in [-0.15, -0.1) is 10.3 Å². The lowest BCUT2D eigenvalue weighted by molar-refractivity contribution is -0.236. The van der Waals surface area contributed by atoms with Gasteiger partial charge in [-0.3, -0.25) is 4.79 Å². The largest absolute Gasteiger partial charge is 0.455 e. The molecule has 1 aromatic heterocycles. The molecule has 1 aliphatic rings. The molecule has 0 atom stereocenters. The van der Waals surface area contributed by atoms with Crippen molar-refractivity contribution < 1.29 is 14.4 Å². The number of hydroxylamine groups is 2. The fourth-order valence-electron chi connectivity index (χ4n) is 4.17. The highest BCUT2D eigenvalue weighted by Gasteiger charge is 2.52. The number of hydrogen-bond acceptors (Lipinski definition) is 3. The topological polar surface area (TPSA) is 53.4 Å². The van der Waals surface area contributed by atoms with Gasteiger partial charge in [0.2, 0.25) is 0 Å². The van der Waals surface area contributed by atoms with Crippen LogP contribution in [0.15, 0.2) is 52.5 Å². The second-order valence-electron chi connectivity index (χ2n) is 7.60. The molecule has 2 heterocycles. The highest BCUT2D eigenvalue weighted by atomic mass is 16.5. The van der Waals surface area contributed by atoms with E-state index >= 15 is 0 Å². The first-order chi connectivity index (χ1) is 11.8. The van der Waals surface area contributed by atoms with E-state index in [0.29, 0.717) is 5.57 Å². The number of fused-ring (bicyclic) bond motifs is 3. The van der Waals surface area contributed by atoms with Crippen molar-refractivity contribution in [3.63, 3.8) is 0 Å². The quantitative estimate of drug-likeness (QED) is 0.635. The molecule has 1 radical (unpaired) electrons. The van der Waals surface area contributed by atoms with Crippen molar-refractivity contribution in [1.29, 1.82) is 0 Å². The van der Waals surface area contributed by atoms with E-state index in [4.69, 9.17) is 4.42 Å². The molecule has 127 valence electrons. The average Bonchev–Trinajstić information content (AvgIpc) is 3.02. The number of carbonyl (C=O) groups is 1. The summed E-state index contributed by atoms with van der Waals surface area (Å²) in [6.07, 6.45) is 0.816. The maximum absolute atomic E-state index is 12.9. The third-order valence-corrected chi connectivity index (χ3v) is 5.35. The molecule has 4 heteroatoms. The Morgan fingerprint density at radius 3 is 2.32 bits per heavy atom.